The number of carbonyl (C=O) groups excluding carboxylic acids is 1. The van der Waals surface area contributed by atoms with Crippen molar-refractivity contribution in [2.75, 3.05) is 11.9 Å². The fraction of sp³-hybridized carbons (Fsp3) is 0.278. The topological polar surface area (TPSA) is 75.3 Å². The molecule has 24 heavy (non-hydrogen) atoms. The molecule has 128 valence electrons. The quantitative estimate of drug-likeness (QED) is 0.809. The molecule has 0 atom stereocenters. The number of sulfonamides is 1. The van der Waals surface area contributed by atoms with Crippen molar-refractivity contribution in [1.29, 1.82) is 0 Å². The highest BCUT2D eigenvalue weighted by Gasteiger charge is 2.14. The molecule has 0 saturated heterocycles. The molecule has 2 N–H and O–H groups in total. The predicted molar refractivity (Wildman–Crippen MR) is 95.4 cm³/mol. The molecule has 0 aliphatic rings. The number of amides is 1. The van der Waals surface area contributed by atoms with Gasteiger partial charge in [0.05, 0.1) is 4.90 Å². The number of anilines is 1. The number of hydrogen-bond acceptors (Lipinski definition) is 3. The summed E-state index contributed by atoms with van der Waals surface area (Å²) in [6, 6.07) is 14.0. The lowest BCUT2D eigenvalue weighted by molar-refractivity contribution is -0.116. The second kappa shape index (κ2) is 8.08. The molecule has 0 heterocycles. The van der Waals surface area contributed by atoms with Gasteiger partial charge in [-0.05, 0) is 36.6 Å². The molecule has 1 amide bonds. The first-order valence-electron chi connectivity index (χ1n) is 7.87. The van der Waals surface area contributed by atoms with Crippen molar-refractivity contribution in [3.63, 3.8) is 0 Å². The molecule has 0 aliphatic heterocycles. The molecule has 0 aliphatic carbocycles. The third-order valence-electron chi connectivity index (χ3n) is 3.70. The molecular formula is C18H22N2O3S. The van der Waals surface area contributed by atoms with Gasteiger partial charge in [0, 0.05) is 18.7 Å². The van der Waals surface area contributed by atoms with Crippen LogP contribution in [0.25, 0.3) is 0 Å². The Kier molecular flexibility index (Phi) is 6.11. The molecule has 0 fully saturated rings. The Balaban J connectivity index is 1.93. The summed E-state index contributed by atoms with van der Waals surface area (Å²) in [7, 11) is -3.58. The minimum atomic E-state index is -3.58. The van der Waals surface area contributed by atoms with E-state index in [1.807, 2.05) is 32.0 Å². The van der Waals surface area contributed by atoms with E-state index in [2.05, 4.69) is 10.0 Å². The minimum Gasteiger partial charge on any atom is -0.326 e. The number of para-hydroxylation sites is 1. The fourth-order valence-electron chi connectivity index (χ4n) is 2.39. The summed E-state index contributed by atoms with van der Waals surface area (Å²) in [6.45, 7) is 4.02. The first-order valence-corrected chi connectivity index (χ1v) is 9.35. The molecule has 0 radical (unpaired) electrons. The summed E-state index contributed by atoms with van der Waals surface area (Å²) in [6.07, 6.45) is 0.890. The zero-order valence-corrected chi connectivity index (χ0v) is 14.7. The van der Waals surface area contributed by atoms with Crippen molar-refractivity contribution >= 4 is 21.6 Å². The number of benzene rings is 2. The van der Waals surface area contributed by atoms with Gasteiger partial charge in [-0.15, -0.1) is 0 Å². The normalized spacial score (nSPS) is 11.2. The van der Waals surface area contributed by atoms with Crippen LogP contribution >= 0.6 is 0 Å². The van der Waals surface area contributed by atoms with Gasteiger partial charge in [0.2, 0.25) is 15.9 Å². The third kappa shape index (κ3) is 4.66. The molecule has 6 heteroatoms. The number of aryl methyl sites for hydroxylation is 2. The van der Waals surface area contributed by atoms with Crippen molar-refractivity contribution in [2.24, 2.45) is 0 Å². The van der Waals surface area contributed by atoms with Crippen LogP contribution in [0, 0.1) is 6.92 Å². The van der Waals surface area contributed by atoms with Crippen LogP contribution in [0.2, 0.25) is 0 Å². The van der Waals surface area contributed by atoms with E-state index in [4.69, 9.17) is 0 Å². The van der Waals surface area contributed by atoms with Crippen molar-refractivity contribution in [2.45, 2.75) is 31.6 Å². The number of hydrogen-bond donors (Lipinski definition) is 2. The highest BCUT2D eigenvalue weighted by Crippen LogP contribution is 2.21. The van der Waals surface area contributed by atoms with Crippen LogP contribution in [0.15, 0.2) is 53.4 Å². The lowest BCUT2D eigenvalue weighted by atomic mass is 10.1. The first-order chi connectivity index (χ1) is 11.4. The van der Waals surface area contributed by atoms with Gasteiger partial charge in [0.25, 0.3) is 0 Å². The molecule has 2 aromatic rings. The first kappa shape index (κ1) is 18.2. The maximum absolute atomic E-state index is 12.1. The number of nitrogens with one attached hydrogen (secondary N) is 2. The summed E-state index contributed by atoms with van der Waals surface area (Å²) >= 11 is 0. The van der Waals surface area contributed by atoms with Gasteiger partial charge >= 0.3 is 0 Å². The monoisotopic (exact) mass is 346 g/mol. The average molecular weight is 346 g/mol. The Bertz CT molecular complexity index is 802. The van der Waals surface area contributed by atoms with E-state index in [9.17, 15) is 13.2 Å². The molecule has 2 rings (SSSR count). The summed E-state index contributed by atoms with van der Waals surface area (Å²) in [4.78, 5) is 12.3. The molecule has 0 saturated carbocycles. The van der Waals surface area contributed by atoms with Crippen molar-refractivity contribution in [3.8, 4) is 0 Å². The molecular weight excluding hydrogens is 324 g/mol. The van der Waals surface area contributed by atoms with Gasteiger partial charge < -0.3 is 5.32 Å². The van der Waals surface area contributed by atoms with Crippen LogP contribution in [-0.2, 0) is 21.2 Å². The Morgan fingerprint density at radius 3 is 2.42 bits per heavy atom. The number of rotatable bonds is 7. The standard InChI is InChI=1S/C18H22N2O3S/c1-3-15-9-7-8-14(2)18(15)20-17(21)12-13-19-24(22,23)16-10-5-4-6-11-16/h4-11,19H,3,12-13H2,1-2H3,(H,20,21). The molecule has 0 aromatic heterocycles. The highest BCUT2D eigenvalue weighted by molar-refractivity contribution is 7.89. The van der Waals surface area contributed by atoms with Crippen LogP contribution in [0.1, 0.15) is 24.5 Å². The van der Waals surface area contributed by atoms with Crippen molar-refractivity contribution in [1.82, 2.24) is 4.72 Å². The highest BCUT2D eigenvalue weighted by atomic mass is 32.2. The third-order valence-corrected chi connectivity index (χ3v) is 5.18. The van der Waals surface area contributed by atoms with Gasteiger partial charge in [-0.25, -0.2) is 13.1 Å². The summed E-state index contributed by atoms with van der Waals surface area (Å²) in [5.41, 5.74) is 2.87. The smallest absolute Gasteiger partial charge is 0.240 e. The van der Waals surface area contributed by atoms with E-state index in [1.165, 1.54) is 12.1 Å². The molecule has 5 nitrogen and oxygen atoms in total. The molecule has 0 unspecified atom stereocenters. The van der Waals surface area contributed by atoms with E-state index < -0.39 is 10.0 Å². The second-order valence-corrected chi connectivity index (χ2v) is 7.24. The van der Waals surface area contributed by atoms with Gasteiger partial charge in [-0.2, -0.15) is 0 Å². The van der Waals surface area contributed by atoms with E-state index >= 15 is 0 Å². The lowest BCUT2D eigenvalue weighted by Crippen LogP contribution is -2.28. The Morgan fingerprint density at radius 1 is 1.04 bits per heavy atom. The van der Waals surface area contributed by atoms with Crippen LogP contribution in [0.5, 0.6) is 0 Å². The van der Waals surface area contributed by atoms with Crippen molar-refractivity contribution < 1.29 is 13.2 Å². The lowest BCUT2D eigenvalue weighted by Gasteiger charge is -2.13. The van der Waals surface area contributed by atoms with Crippen LogP contribution in [0.4, 0.5) is 5.69 Å². The van der Waals surface area contributed by atoms with Crippen LogP contribution in [-0.4, -0.2) is 20.9 Å². The zero-order valence-electron chi connectivity index (χ0n) is 13.9. The zero-order chi connectivity index (χ0) is 17.6. The predicted octanol–water partition coefficient (Wildman–Crippen LogP) is 2.86. The average Bonchev–Trinajstić information content (AvgIpc) is 2.57. The maximum atomic E-state index is 12.1. The largest absolute Gasteiger partial charge is 0.326 e. The van der Waals surface area contributed by atoms with E-state index in [1.54, 1.807) is 18.2 Å². The maximum Gasteiger partial charge on any atom is 0.240 e. The Morgan fingerprint density at radius 2 is 1.75 bits per heavy atom. The molecule has 2 aromatic carbocycles. The van der Waals surface area contributed by atoms with Crippen LogP contribution in [0.3, 0.4) is 0 Å². The number of carbonyl (C=O) groups is 1. The van der Waals surface area contributed by atoms with Gasteiger partial charge in [-0.1, -0.05) is 43.3 Å². The molecule has 0 spiro atoms. The fourth-order valence-corrected chi connectivity index (χ4v) is 3.44. The Labute approximate surface area is 143 Å². The van der Waals surface area contributed by atoms with E-state index in [-0.39, 0.29) is 23.8 Å². The van der Waals surface area contributed by atoms with Gasteiger partial charge in [-0.3, -0.25) is 4.79 Å². The minimum absolute atomic E-state index is 0.0520. The summed E-state index contributed by atoms with van der Waals surface area (Å²) < 4.78 is 26.6. The summed E-state index contributed by atoms with van der Waals surface area (Å²) in [5, 5.41) is 2.88. The van der Waals surface area contributed by atoms with Gasteiger partial charge in [0.15, 0.2) is 0 Å². The van der Waals surface area contributed by atoms with E-state index in [0.29, 0.717) is 0 Å². The summed E-state index contributed by atoms with van der Waals surface area (Å²) in [5.74, 6) is -0.213. The van der Waals surface area contributed by atoms with Gasteiger partial charge in [0.1, 0.15) is 0 Å². The van der Waals surface area contributed by atoms with Crippen LogP contribution < -0.4 is 10.0 Å². The van der Waals surface area contributed by atoms with E-state index in [0.717, 1.165) is 23.2 Å². The Hall–Kier alpha value is -2.18. The molecule has 0 bridgehead atoms. The second-order valence-electron chi connectivity index (χ2n) is 5.47. The van der Waals surface area contributed by atoms with Crippen molar-refractivity contribution in [3.05, 3.63) is 59.7 Å². The SMILES string of the molecule is CCc1cccc(C)c1NC(=O)CCNS(=O)(=O)c1ccccc1.